The zero-order valence-corrected chi connectivity index (χ0v) is 21.9. The predicted octanol–water partition coefficient (Wildman–Crippen LogP) is 3.69. The summed E-state index contributed by atoms with van der Waals surface area (Å²) in [5, 5.41) is 12.7. The van der Waals surface area contributed by atoms with E-state index in [0.29, 0.717) is 0 Å². The maximum Gasteiger partial charge on any atom is 0.508 e. The van der Waals surface area contributed by atoms with Gasteiger partial charge in [-0.05, 0) is 22.3 Å². The van der Waals surface area contributed by atoms with E-state index in [4.69, 9.17) is 13.9 Å². The van der Waals surface area contributed by atoms with E-state index in [1.54, 1.807) is 6.92 Å². The normalized spacial score (nSPS) is 20.1. The molecule has 0 radical (unpaired) electrons. The molecule has 1 aliphatic rings. The number of carbonyl (C=O) groups is 2. The summed E-state index contributed by atoms with van der Waals surface area (Å²) < 4.78 is 16.8. The lowest BCUT2D eigenvalue weighted by atomic mass is 9.86. The molecule has 184 valence electrons. The van der Waals surface area contributed by atoms with Gasteiger partial charge in [-0.25, -0.2) is 4.79 Å². The Morgan fingerprint density at radius 3 is 1.88 bits per heavy atom. The molecule has 0 spiro atoms. The number of ketones is 1. The van der Waals surface area contributed by atoms with Crippen LogP contribution in [-0.2, 0) is 18.7 Å². The highest BCUT2D eigenvalue weighted by molar-refractivity contribution is 6.99. The highest BCUT2D eigenvalue weighted by Crippen LogP contribution is 2.38. The fourth-order valence-corrected chi connectivity index (χ4v) is 9.50. The topological polar surface area (TPSA) is 82.1 Å². The van der Waals surface area contributed by atoms with Gasteiger partial charge in [-0.3, -0.25) is 4.79 Å². The molecule has 1 aliphatic heterocycles. The average molecular weight is 485 g/mol. The van der Waals surface area contributed by atoms with Crippen LogP contribution in [0.4, 0.5) is 4.79 Å². The van der Waals surface area contributed by atoms with E-state index >= 15 is 0 Å². The van der Waals surface area contributed by atoms with Crippen LogP contribution < -0.4 is 10.4 Å². The number of aliphatic hydroxyl groups is 1. The molecular weight excluding hydrogens is 448 g/mol. The van der Waals surface area contributed by atoms with Gasteiger partial charge in [0.1, 0.15) is 18.5 Å². The van der Waals surface area contributed by atoms with Crippen LogP contribution in [0.1, 0.15) is 41.5 Å². The first-order valence-corrected chi connectivity index (χ1v) is 13.7. The summed E-state index contributed by atoms with van der Waals surface area (Å²) >= 11 is 0. The molecule has 0 amide bonds. The molecule has 0 saturated carbocycles. The largest absolute Gasteiger partial charge is 0.508 e. The molecule has 1 N–H and O–H groups in total. The highest BCUT2D eigenvalue weighted by Gasteiger charge is 2.52. The summed E-state index contributed by atoms with van der Waals surface area (Å²) in [4.78, 5) is 24.6. The Bertz CT molecular complexity index is 932. The molecule has 1 fully saturated rings. The van der Waals surface area contributed by atoms with Gasteiger partial charge in [0.05, 0.1) is 6.10 Å². The van der Waals surface area contributed by atoms with Crippen molar-refractivity contribution < 1.29 is 28.6 Å². The number of cyclic esters (lactones) is 2. The number of carbonyl (C=O) groups excluding carboxylic acids is 2. The number of ether oxygens (including phenoxy) is 2. The maximum absolute atomic E-state index is 13.4. The van der Waals surface area contributed by atoms with Crippen molar-refractivity contribution in [2.45, 2.75) is 64.9 Å². The van der Waals surface area contributed by atoms with Crippen molar-refractivity contribution in [3.63, 3.8) is 0 Å². The van der Waals surface area contributed by atoms with Crippen molar-refractivity contribution in [2.24, 2.45) is 11.8 Å². The standard InChI is InChI=1S/C27H36O6Si/c1-18(24(28)19(2)25(29)23-17-31-26(30)32-23)20(3)33-34(27(4,5)6,21-13-9-7-10-14-21)22-15-11-8-12-16-22/h7-16,18-20,23,25,29H,17H2,1-6H3/t18-,19+,20+,23-,25-/m1/s1. The molecule has 34 heavy (non-hydrogen) atoms. The Kier molecular flexibility index (Phi) is 8.01. The van der Waals surface area contributed by atoms with Crippen LogP contribution in [0.25, 0.3) is 0 Å². The highest BCUT2D eigenvalue weighted by atomic mass is 28.4. The van der Waals surface area contributed by atoms with Gasteiger partial charge in [-0.2, -0.15) is 0 Å². The number of Topliss-reactive ketones (excluding diaryl/α,β-unsaturated/α-hetero) is 1. The van der Waals surface area contributed by atoms with Gasteiger partial charge in [0.25, 0.3) is 8.32 Å². The van der Waals surface area contributed by atoms with Crippen molar-refractivity contribution in [1.29, 1.82) is 0 Å². The molecule has 1 saturated heterocycles. The van der Waals surface area contributed by atoms with Gasteiger partial charge < -0.3 is 19.0 Å². The number of aliphatic hydroxyl groups excluding tert-OH is 1. The van der Waals surface area contributed by atoms with Crippen LogP contribution in [0, 0.1) is 11.8 Å². The number of hydrogen-bond acceptors (Lipinski definition) is 6. The molecular formula is C27H36O6Si. The molecule has 2 aromatic carbocycles. The zero-order chi connectivity index (χ0) is 25.1. The maximum atomic E-state index is 13.4. The Morgan fingerprint density at radius 2 is 1.47 bits per heavy atom. The van der Waals surface area contributed by atoms with E-state index in [9.17, 15) is 14.7 Å². The number of benzene rings is 2. The van der Waals surface area contributed by atoms with E-state index in [0.717, 1.165) is 10.4 Å². The molecule has 5 atom stereocenters. The minimum absolute atomic E-state index is 0.0554. The molecule has 0 unspecified atom stereocenters. The first kappa shape index (κ1) is 26.1. The Hall–Kier alpha value is -2.48. The van der Waals surface area contributed by atoms with Crippen LogP contribution in [-0.4, -0.2) is 50.3 Å². The molecule has 2 aromatic rings. The van der Waals surface area contributed by atoms with Gasteiger partial charge in [0.15, 0.2) is 6.10 Å². The lowest BCUT2D eigenvalue weighted by Crippen LogP contribution is -2.68. The first-order valence-electron chi connectivity index (χ1n) is 11.8. The molecule has 1 heterocycles. The van der Waals surface area contributed by atoms with E-state index in [-0.39, 0.29) is 17.4 Å². The quantitative estimate of drug-likeness (QED) is 0.432. The summed E-state index contributed by atoms with van der Waals surface area (Å²) in [5.74, 6) is -1.36. The van der Waals surface area contributed by atoms with Crippen molar-refractivity contribution >= 4 is 30.6 Å². The van der Waals surface area contributed by atoms with E-state index < -0.39 is 44.6 Å². The third-order valence-corrected chi connectivity index (χ3v) is 12.0. The Balaban J connectivity index is 1.92. The van der Waals surface area contributed by atoms with Gasteiger partial charge in [0, 0.05) is 11.8 Å². The van der Waals surface area contributed by atoms with Crippen molar-refractivity contribution in [3.8, 4) is 0 Å². The van der Waals surface area contributed by atoms with Crippen LogP contribution in [0.5, 0.6) is 0 Å². The predicted molar refractivity (Wildman–Crippen MR) is 134 cm³/mol. The van der Waals surface area contributed by atoms with E-state index in [1.165, 1.54) is 0 Å². The lowest BCUT2D eigenvalue weighted by Gasteiger charge is -2.45. The second-order valence-electron chi connectivity index (χ2n) is 10.2. The Labute approximate surface area is 203 Å². The van der Waals surface area contributed by atoms with Gasteiger partial charge in [0.2, 0.25) is 0 Å². The Morgan fingerprint density at radius 1 is 0.971 bits per heavy atom. The summed E-state index contributed by atoms with van der Waals surface area (Å²) in [6.45, 7) is 12.0. The van der Waals surface area contributed by atoms with Crippen molar-refractivity contribution in [2.75, 3.05) is 6.61 Å². The smallest absolute Gasteiger partial charge is 0.430 e. The summed E-state index contributed by atoms with van der Waals surface area (Å²) in [6.07, 6.45) is -3.20. The minimum atomic E-state index is -2.82. The van der Waals surface area contributed by atoms with Crippen molar-refractivity contribution in [1.82, 2.24) is 0 Å². The number of rotatable bonds is 9. The van der Waals surface area contributed by atoms with E-state index in [1.807, 2.05) is 50.2 Å². The fourth-order valence-electron chi connectivity index (χ4n) is 4.72. The second-order valence-corrected chi connectivity index (χ2v) is 14.4. The van der Waals surface area contributed by atoms with Gasteiger partial charge in [-0.15, -0.1) is 0 Å². The van der Waals surface area contributed by atoms with E-state index in [2.05, 4.69) is 45.0 Å². The van der Waals surface area contributed by atoms with Crippen LogP contribution >= 0.6 is 0 Å². The molecule has 3 rings (SSSR count). The average Bonchev–Trinajstić information content (AvgIpc) is 3.27. The first-order chi connectivity index (χ1) is 16.0. The second kappa shape index (κ2) is 10.4. The van der Waals surface area contributed by atoms with Crippen molar-refractivity contribution in [3.05, 3.63) is 60.7 Å². The minimum Gasteiger partial charge on any atom is -0.430 e. The molecule has 6 nitrogen and oxygen atoms in total. The van der Waals surface area contributed by atoms with Crippen LogP contribution in [0.2, 0.25) is 5.04 Å². The summed E-state index contributed by atoms with van der Waals surface area (Å²) in [7, 11) is -2.82. The summed E-state index contributed by atoms with van der Waals surface area (Å²) in [5.41, 5.74) is 0. The molecule has 0 aromatic heterocycles. The SMILES string of the molecule is C[C@H](O[Si](c1ccccc1)(c1ccccc1)C(C)(C)C)[C@@H](C)C(=O)[C@H](C)[C@@H](O)[C@H]1COC(=O)O1. The molecule has 0 bridgehead atoms. The summed E-state index contributed by atoms with van der Waals surface area (Å²) in [6, 6.07) is 20.6. The third kappa shape index (κ3) is 5.11. The molecule has 7 heteroatoms. The fraction of sp³-hybridized carbons (Fsp3) is 0.481. The lowest BCUT2D eigenvalue weighted by molar-refractivity contribution is -0.134. The van der Waals surface area contributed by atoms with Crippen LogP contribution in [0.15, 0.2) is 60.7 Å². The monoisotopic (exact) mass is 484 g/mol. The zero-order valence-electron chi connectivity index (χ0n) is 20.9. The third-order valence-electron chi connectivity index (χ3n) is 6.89. The van der Waals surface area contributed by atoms with Gasteiger partial charge in [-0.1, -0.05) is 95.3 Å². The van der Waals surface area contributed by atoms with Crippen LogP contribution in [0.3, 0.4) is 0 Å². The van der Waals surface area contributed by atoms with Gasteiger partial charge >= 0.3 is 6.16 Å². The molecule has 0 aliphatic carbocycles. The number of hydrogen-bond donors (Lipinski definition) is 1.